The zero-order chi connectivity index (χ0) is 10.7. The number of aromatic nitrogens is 2. The van der Waals surface area contributed by atoms with Gasteiger partial charge in [0.1, 0.15) is 16.1 Å². The van der Waals surface area contributed by atoms with Crippen LogP contribution in [-0.2, 0) is 10.8 Å². The number of nitrogen functional groups attached to an aromatic ring is 1. The maximum Gasteiger partial charge on any atom is 0.222 e. The van der Waals surface area contributed by atoms with E-state index in [1.165, 1.54) is 6.26 Å². The van der Waals surface area contributed by atoms with Gasteiger partial charge < -0.3 is 11.1 Å². The highest BCUT2D eigenvalue weighted by Gasteiger charge is 2.11. The average Bonchev–Trinajstić information content (AvgIpc) is 2.12. The van der Waals surface area contributed by atoms with Crippen LogP contribution in [0.15, 0.2) is 9.63 Å². The van der Waals surface area contributed by atoms with Crippen molar-refractivity contribution in [1.82, 2.24) is 9.97 Å². The van der Waals surface area contributed by atoms with E-state index in [9.17, 15) is 4.21 Å². The monoisotopic (exact) mass is 278 g/mol. The second-order valence-electron chi connectivity index (χ2n) is 2.54. The molecule has 3 N–H and O–H groups in total. The first-order valence-electron chi connectivity index (χ1n) is 3.96. The highest BCUT2D eigenvalue weighted by atomic mass is 79.9. The third kappa shape index (κ3) is 2.42. The number of nitrogens with zero attached hydrogens (tertiary/aromatic N) is 2. The molecule has 78 valence electrons. The quantitative estimate of drug-likeness (QED) is 0.806. The molecule has 0 radical (unpaired) electrons. The Morgan fingerprint density at radius 3 is 2.71 bits per heavy atom. The molecule has 0 unspecified atom stereocenters. The topological polar surface area (TPSA) is 80.9 Å². The predicted molar refractivity (Wildman–Crippen MR) is 60.6 cm³/mol. The maximum atomic E-state index is 11.2. The van der Waals surface area contributed by atoms with E-state index in [-0.39, 0.29) is 5.16 Å². The van der Waals surface area contributed by atoms with E-state index in [0.717, 1.165) is 0 Å². The number of nitrogens with two attached hydrogens (primary N) is 1. The Kier molecular flexibility index (Phi) is 3.82. The third-order valence-corrected chi connectivity index (χ3v) is 2.94. The molecule has 0 bridgehead atoms. The summed E-state index contributed by atoms with van der Waals surface area (Å²) in [7, 11) is -1.22. The van der Waals surface area contributed by atoms with Gasteiger partial charge in [-0.25, -0.2) is 9.97 Å². The van der Waals surface area contributed by atoms with Crippen molar-refractivity contribution in [3.05, 3.63) is 4.47 Å². The normalized spacial score (nSPS) is 12.5. The zero-order valence-corrected chi connectivity index (χ0v) is 10.3. The molecule has 1 rings (SSSR count). The van der Waals surface area contributed by atoms with Gasteiger partial charge in [0.15, 0.2) is 0 Å². The van der Waals surface area contributed by atoms with Crippen molar-refractivity contribution in [2.24, 2.45) is 0 Å². The summed E-state index contributed by atoms with van der Waals surface area (Å²) in [5.41, 5.74) is 5.62. The first kappa shape index (κ1) is 11.4. The van der Waals surface area contributed by atoms with Crippen LogP contribution in [0.2, 0.25) is 0 Å². The highest BCUT2D eigenvalue weighted by Crippen LogP contribution is 2.25. The van der Waals surface area contributed by atoms with Gasteiger partial charge in [-0.3, -0.25) is 4.21 Å². The van der Waals surface area contributed by atoms with Gasteiger partial charge in [0, 0.05) is 12.8 Å². The summed E-state index contributed by atoms with van der Waals surface area (Å²) in [5, 5.41) is 3.24. The largest absolute Gasteiger partial charge is 0.383 e. The van der Waals surface area contributed by atoms with Crippen LogP contribution in [0.1, 0.15) is 6.92 Å². The van der Waals surface area contributed by atoms with Crippen molar-refractivity contribution in [3.63, 3.8) is 0 Å². The summed E-state index contributed by atoms with van der Waals surface area (Å²) < 4.78 is 11.8. The molecular formula is C7H11BrN4OS. The van der Waals surface area contributed by atoms with Crippen LogP contribution in [0.25, 0.3) is 0 Å². The van der Waals surface area contributed by atoms with Crippen LogP contribution in [0.3, 0.4) is 0 Å². The molecule has 0 saturated carbocycles. The van der Waals surface area contributed by atoms with Crippen LogP contribution in [0.5, 0.6) is 0 Å². The molecule has 1 aromatic rings. The first-order valence-corrected chi connectivity index (χ1v) is 6.31. The molecule has 1 aromatic heterocycles. The lowest BCUT2D eigenvalue weighted by Gasteiger charge is -2.07. The first-order chi connectivity index (χ1) is 6.56. The van der Waals surface area contributed by atoms with Crippen molar-refractivity contribution < 1.29 is 4.21 Å². The lowest BCUT2D eigenvalue weighted by atomic mass is 10.5. The summed E-state index contributed by atoms with van der Waals surface area (Å²) in [6.07, 6.45) is 1.51. The molecule has 5 nitrogen and oxygen atoms in total. The summed E-state index contributed by atoms with van der Waals surface area (Å²) >= 11 is 3.25. The van der Waals surface area contributed by atoms with E-state index >= 15 is 0 Å². The van der Waals surface area contributed by atoms with Crippen LogP contribution in [-0.4, -0.2) is 27.0 Å². The number of hydrogen-bond donors (Lipinski definition) is 2. The van der Waals surface area contributed by atoms with E-state index in [0.29, 0.717) is 22.7 Å². The predicted octanol–water partition coefficient (Wildman–Crippen LogP) is 0.990. The second kappa shape index (κ2) is 4.70. The highest BCUT2D eigenvalue weighted by molar-refractivity contribution is 9.10. The zero-order valence-electron chi connectivity index (χ0n) is 7.87. The number of rotatable bonds is 3. The fourth-order valence-corrected chi connectivity index (χ4v) is 1.62. The lowest BCUT2D eigenvalue weighted by Crippen LogP contribution is -2.08. The minimum Gasteiger partial charge on any atom is -0.383 e. The molecule has 0 aliphatic carbocycles. The van der Waals surface area contributed by atoms with Crippen LogP contribution >= 0.6 is 15.9 Å². The van der Waals surface area contributed by atoms with E-state index in [4.69, 9.17) is 5.73 Å². The Morgan fingerprint density at radius 2 is 2.21 bits per heavy atom. The number of nitrogens with one attached hydrogen (secondary N) is 1. The molecule has 0 aromatic carbocycles. The lowest BCUT2D eigenvalue weighted by molar-refractivity contribution is 0.680. The van der Waals surface area contributed by atoms with E-state index in [1.54, 1.807) is 0 Å². The van der Waals surface area contributed by atoms with Gasteiger partial charge in [0.2, 0.25) is 5.16 Å². The Hall–Kier alpha value is -0.690. The van der Waals surface area contributed by atoms with Crippen molar-refractivity contribution in [2.45, 2.75) is 12.1 Å². The fraction of sp³-hybridized carbons (Fsp3) is 0.429. The molecule has 0 fully saturated rings. The Balaban J connectivity index is 3.20. The van der Waals surface area contributed by atoms with Crippen LogP contribution in [0, 0.1) is 0 Å². The van der Waals surface area contributed by atoms with Gasteiger partial charge in [-0.2, -0.15) is 0 Å². The molecule has 7 heteroatoms. The van der Waals surface area contributed by atoms with Crippen molar-refractivity contribution in [2.75, 3.05) is 23.9 Å². The minimum absolute atomic E-state index is 0.238. The Bertz CT molecular complexity index is 371. The van der Waals surface area contributed by atoms with Crippen LogP contribution in [0.4, 0.5) is 11.6 Å². The van der Waals surface area contributed by atoms with Gasteiger partial charge in [-0.05, 0) is 22.9 Å². The molecule has 14 heavy (non-hydrogen) atoms. The van der Waals surface area contributed by atoms with Crippen LogP contribution < -0.4 is 11.1 Å². The van der Waals surface area contributed by atoms with E-state index in [2.05, 4.69) is 31.2 Å². The molecule has 0 spiro atoms. The van der Waals surface area contributed by atoms with Crippen molar-refractivity contribution in [1.29, 1.82) is 0 Å². The fourth-order valence-electron chi connectivity index (χ4n) is 0.856. The number of hydrogen-bond acceptors (Lipinski definition) is 5. The Morgan fingerprint density at radius 1 is 1.57 bits per heavy atom. The van der Waals surface area contributed by atoms with Gasteiger partial charge in [0.25, 0.3) is 0 Å². The average molecular weight is 279 g/mol. The van der Waals surface area contributed by atoms with E-state index < -0.39 is 10.8 Å². The summed E-state index contributed by atoms with van der Waals surface area (Å²) in [6, 6.07) is 0. The smallest absolute Gasteiger partial charge is 0.222 e. The molecule has 0 saturated heterocycles. The number of anilines is 2. The minimum atomic E-state index is -1.22. The van der Waals surface area contributed by atoms with Crippen molar-refractivity contribution >= 4 is 38.4 Å². The Labute approximate surface area is 93.1 Å². The summed E-state index contributed by atoms with van der Waals surface area (Å²) in [6.45, 7) is 2.65. The molecule has 0 aliphatic heterocycles. The molecule has 0 aliphatic rings. The van der Waals surface area contributed by atoms with Gasteiger partial charge >= 0.3 is 0 Å². The molecular weight excluding hydrogens is 268 g/mol. The third-order valence-electron chi connectivity index (χ3n) is 1.46. The van der Waals surface area contributed by atoms with Gasteiger partial charge in [0.05, 0.1) is 10.8 Å². The standard InChI is InChI=1S/C7H11BrN4OS/c1-3-10-6-4(8)5(9)11-7(12-6)14(2)13/h3H2,1-2H3,(H3,9,10,11,12)/t14-/m1/s1. The SMILES string of the molecule is CCNc1nc([S@@](C)=O)nc(N)c1Br. The molecule has 0 amide bonds. The number of halogens is 1. The van der Waals surface area contributed by atoms with E-state index in [1.807, 2.05) is 6.92 Å². The summed E-state index contributed by atoms with van der Waals surface area (Å²) in [5.74, 6) is 0.867. The van der Waals surface area contributed by atoms with Crippen molar-refractivity contribution in [3.8, 4) is 0 Å². The molecule has 1 atom stereocenters. The van der Waals surface area contributed by atoms with Gasteiger partial charge in [-0.15, -0.1) is 0 Å². The maximum absolute atomic E-state index is 11.2. The summed E-state index contributed by atoms with van der Waals surface area (Å²) in [4.78, 5) is 7.97. The molecule has 1 heterocycles. The second-order valence-corrected chi connectivity index (χ2v) is 4.60. The van der Waals surface area contributed by atoms with Gasteiger partial charge in [-0.1, -0.05) is 0 Å².